The summed E-state index contributed by atoms with van der Waals surface area (Å²) in [7, 11) is 1.59. The molecule has 1 fully saturated rings. The number of nitrogens with zero attached hydrogens (tertiary/aromatic N) is 2. The van der Waals surface area contributed by atoms with E-state index in [0.717, 1.165) is 25.0 Å². The first-order valence-corrected chi connectivity index (χ1v) is 9.86. The van der Waals surface area contributed by atoms with Crippen LogP contribution in [0.4, 0.5) is 0 Å². The zero-order valence-electron chi connectivity index (χ0n) is 16.7. The van der Waals surface area contributed by atoms with Crippen molar-refractivity contribution in [2.45, 2.75) is 18.9 Å². The van der Waals surface area contributed by atoms with E-state index in [-0.39, 0.29) is 12.0 Å². The summed E-state index contributed by atoms with van der Waals surface area (Å²) < 4.78 is 16.7. The maximum atomic E-state index is 12.3. The number of hydrogen-bond donors (Lipinski definition) is 1. The highest BCUT2D eigenvalue weighted by molar-refractivity contribution is 5.94. The van der Waals surface area contributed by atoms with Crippen molar-refractivity contribution < 1.29 is 19.0 Å². The van der Waals surface area contributed by atoms with Crippen molar-refractivity contribution >= 4 is 5.91 Å². The fraction of sp³-hybridized carbons (Fsp3) is 0.261. The van der Waals surface area contributed by atoms with Crippen LogP contribution in [-0.2, 0) is 4.74 Å². The summed E-state index contributed by atoms with van der Waals surface area (Å²) in [4.78, 5) is 20.8. The van der Waals surface area contributed by atoms with E-state index < -0.39 is 0 Å². The van der Waals surface area contributed by atoms with E-state index in [1.54, 1.807) is 25.3 Å². The predicted octanol–water partition coefficient (Wildman–Crippen LogP) is 3.85. The Balaban J connectivity index is 1.43. The quantitative estimate of drug-likeness (QED) is 0.643. The van der Waals surface area contributed by atoms with Gasteiger partial charge in [0.15, 0.2) is 11.5 Å². The molecule has 1 aromatic heterocycles. The molecule has 1 aliphatic rings. The minimum atomic E-state index is -0.111. The maximum absolute atomic E-state index is 12.3. The molecule has 1 saturated heterocycles. The third kappa shape index (κ3) is 4.75. The third-order valence-electron chi connectivity index (χ3n) is 4.88. The van der Waals surface area contributed by atoms with Crippen LogP contribution in [0, 0.1) is 0 Å². The summed E-state index contributed by atoms with van der Waals surface area (Å²) in [6.45, 7) is 1.31. The van der Waals surface area contributed by atoms with Crippen LogP contribution >= 0.6 is 0 Å². The van der Waals surface area contributed by atoms with Crippen LogP contribution in [0.1, 0.15) is 23.2 Å². The lowest BCUT2D eigenvalue weighted by Crippen LogP contribution is -2.31. The van der Waals surface area contributed by atoms with Crippen LogP contribution in [0.2, 0.25) is 0 Å². The molecule has 4 rings (SSSR count). The number of benzene rings is 2. The lowest BCUT2D eigenvalue weighted by molar-refractivity contribution is 0.0858. The summed E-state index contributed by atoms with van der Waals surface area (Å²) in [5.74, 6) is 1.49. The molecule has 1 N–H and O–H groups in total. The lowest BCUT2D eigenvalue weighted by Gasteiger charge is -2.11. The summed E-state index contributed by atoms with van der Waals surface area (Å²) in [6, 6.07) is 16.4. The van der Waals surface area contributed by atoms with Crippen molar-refractivity contribution in [2.75, 3.05) is 20.3 Å². The molecular weight excluding hydrogens is 382 g/mol. The summed E-state index contributed by atoms with van der Waals surface area (Å²) in [5.41, 5.74) is 2.15. The topological polar surface area (TPSA) is 82.6 Å². The first kappa shape index (κ1) is 19.8. The monoisotopic (exact) mass is 405 g/mol. The number of hydrogen-bond acceptors (Lipinski definition) is 6. The number of carbonyl (C=O) groups is 1. The number of aromatic nitrogens is 2. The summed E-state index contributed by atoms with van der Waals surface area (Å²) in [6.07, 6.45) is 3.61. The van der Waals surface area contributed by atoms with E-state index in [1.165, 1.54) is 6.33 Å². The van der Waals surface area contributed by atoms with Crippen LogP contribution in [-0.4, -0.2) is 42.2 Å². The highest BCUT2D eigenvalue weighted by Gasteiger charge is 2.16. The van der Waals surface area contributed by atoms with Gasteiger partial charge in [-0.2, -0.15) is 0 Å². The van der Waals surface area contributed by atoms with Crippen molar-refractivity contribution in [3.63, 3.8) is 0 Å². The van der Waals surface area contributed by atoms with E-state index in [1.807, 2.05) is 36.4 Å². The van der Waals surface area contributed by atoms with Gasteiger partial charge in [0, 0.05) is 30.3 Å². The van der Waals surface area contributed by atoms with Crippen LogP contribution in [0.25, 0.3) is 11.3 Å². The average Bonchev–Trinajstić information content (AvgIpc) is 3.32. The standard InChI is InChI=1S/C23H23N3O4/c1-28-20-6-2-3-7-21(20)30-22-13-19(25-15-26-22)16-8-10-17(11-9-16)23(27)24-14-18-5-4-12-29-18/h2-3,6-11,13,15,18H,4-5,12,14H2,1H3,(H,24,27). The van der Waals surface area contributed by atoms with Gasteiger partial charge < -0.3 is 19.5 Å². The van der Waals surface area contributed by atoms with Crippen molar-refractivity contribution in [2.24, 2.45) is 0 Å². The Labute approximate surface area is 175 Å². The molecule has 0 aliphatic carbocycles. The Kier molecular flexibility index (Phi) is 6.20. The van der Waals surface area contributed by atoms with Crippen molar-refractivity contribution in [3.05, 3.63) is 66.5 Å². The molecule has 1 unspecified atom stereocenters. The second-order valence-electron chi connectivity index (χ2n) is 6.92. The molecule has 2 heterocycles. The fourth-order valence-corrected chi connectivity index (χ4v) is 3.28. The zero-order chi connectivity index (χ0) is 20.8. The third-order valence-corrected chi connectivity index (χ3v) is 4.88. The first-order chi connectivity index (χ1) is 14.7. The van der Waals surface area contributed by atoms with Crippen LogP contribution < -0.4 is 14.8 Å². The molecule has 7 nitrogen and oxygen atoms in total. The summed E-state index contributed by atoms with van der Waals surface area (Å²) in [5, 5.41) is 2.93. The molecule has 30 heavy (non-hydrogen) atoms. The molecule has 0 bridgehead atoms. The molecule has 7 heteroatoms. The van der Waals surface area contributed by atoms with Crippen molar-refractivity contribution in [1.29, 1.82) is 0 Å². The molecule has 0 radical (unpaired) electrons. The SMILES string of the molecule is COc1ccccc1Oc1cc(-c2ccc(C(=O)NCC3CCCO3)cc2)ncn1. The largest absolute Gasteiger partial charge is 0.493 e. The van der Waals surface area contributed by atoms with Gasteiger partial charge in [0.05, 0.1) is 18.9 Å². The Hall–Kier alpha value is -3.45. The van der Waals surface area contributed by atoms with E-state index in [9.17, 15) is 4.79 Å². The molecule has 1 atom stereocenters. The first-order valence-electron chi connectivity index (χ1n) is 9.86. The molecule has 3 aromatic rings. The fourth-order valence-electron chi connectivity index (χ4n) is 3.28. The smallest absolute Gasteiger partial charge is 0.251 e. The molecule has 2 aromatic carbocycles. The van der Waals surface area contributed by atoms with Crippen molar-refractivity contribution in [1.82, 2.24) is 15.3 Å². The van der Waals surface area contributed by atoms with Gasteiger partial charge in [0.25, 0.3) is 5.91 Å². The number of nitrogens with one attached hydrogen (secondary N) is 1. The second kappa shape index (κ2) is 9.37. The van der Waals surface area contributed by atoms with Gasteiger partial charge in [-0.05, 0) is 37.1 Å². The Morgan fingerprint density at radius 1 is 1.13 bits per heavy atom. The molecule has 0 saturated carbocycles. The summed E-state index contributed by atoms with van der Waals surface area (Å²) >= 11 is 0. The Bertz CT molecular complexity index is 1000. The van der Waals surface area contributed by atoms with E-state index in [4.69, 9.17) is 14.2 Å². The van der Waals surface area contributed by atoms with Gasteiger partial charge in [0.2, 0.25) is 5.88 Å². The van der Waals surface area contributed by atoms with Crippen LogP contribution in [0.15, 0.2) is 60.9 Å². The van der Waals surface area contributed by atoms with Gasteiger partial charge in [-0.15, -0.1) is 0 Å². The number of methoxy groups -OCH3 is 1. The second-order valence-corrected chi connectivity index (χ2v) is 6.92. The van der Waals surface area contributed by atoms with Gasteiger partial charge in [-0.1, -0.05) is 24.3 Å². The lowest BCUT2D eigenvalue weighted by atomic mass is 10.1. The van der Waals surface area contributed by atoms with Gasteiger partial charge in [-0.3, -0.25) is 4.79 Å². The highest BCUT2D eigenvalue weighted by atomic mass is 16.5. The molecule has 154 valence electrons. The number of carbonyl (C=O) groups excluding carboxylic acids is 1. The van der Waals surface area contributed by atoms with Gasteiger partial charge in [0.1, 0.15) is 6.33 Å². The highest BCUT2D eigenvalue weighted by Crippen LogP contribution is 2.31. The number of rotatable bonds is 7. The molecule has 0 spiro atoms. The number of amides is 1. The average molecular weight is 405 g/mol. The zero-order valence-corrected chi connectivity index (χ0v) is 16.7. The maximum Gasteiger partial charge on any atom is 0.251 e. The minimum absolute atomic E-state index is 0.111. The predicted molar refractivity (Wildman–Crippen MR) is 112 cm³/mol. The van der Waals surface area contributed by atoms with Gasteiger partial charge >= 0.3 is 0 Å². The number of para-hydroxylation sites is 2. The number of ether oxygens (including phenoxy) is 3. The van der Waals surface area contributed by atoms with Gasteiger partial charge in [-0.25, -0.2) is 9.97 Å². The van der Waals surface area contributed by atoms with Crippen molar-refractivity contribution in [3.8, 4) is 28.6 Å². The van der Waals surface area contributed by atoms with E-state index in [2.05, 4.69) is 15.3 Å². The molecular formula is C23H23N3O4. The van der Waals surface area contributed by atoms with E-state index >= 15 is 0 Å². The normalized spacial score (nSPS) is 15.6. The van der Waals surface area contributed by atoms with Crippen LogP contribution in [0.3, 0.4) is 0 Å². The Morgan fingerprint density at radius 2 is 1.93 bits per heavy atom. The molecule has 1 aliphatic heterocycles. The van der Waals surface area contributed by atoms with Crippen LogP contribution in [0.5, 0.6) is 17.4 Å². The Morgan fingerprint density at radius 3 is 2.67 bits per heavy atom. The minimum Gasteiger partial charge on any atom is -0.493 e. The van der Waals surface area contributed by atoms with E-state index in [0.29, 0.717) is 35.2 Å². The molecule has 1 amide bonds.